The average molecular weight is 373 g/mol. The molecule has 27 heavy (non-hydrogen) atoms. The Labute approximate surface area is 164 Å². The number of benzene rings is 1. The molecule has 0 atom stereocenters. The van der Waals surface area contributed by atoms with Gasteiger partial charge < -0.3 is 15.1 Å². The summed E-state index contributed by atoms with van der Waals surface area (Å²) in [6.45, 7) is 12.1. The van der Waals surface area contributed by atoms with E-state index in [-0.39, 0.29) is 5.91 Å². The molecule has 0 radical (unpaired) electrons. The van der Waals surface area contributed by atoms with Crippen molar-refractivity contribution >= 4 is 5.91 Å². The molecule has 0 aliphatic carbocycles. The Morgan fingerprint density at radius 1 is 1.00 bits per heavy atom. The van der Waals surface area contributed by atoms with Crippen LogP contribution in [0, 0.1) is 5.92 Å². The third-order valence-corrected chi connectivity index (χ3v) is 6.03. The van der Waals surface area contributed by atoms with Gasteiger partial charge in [0.15, 0.2) is 0 Å². The van der Waals surface area contributed by atoms with Gasteiger partial charge in [-0.2, -0.15) is 0 Å². The lowest BCUT2D eigenvalue weighted by atomic mass is 9.99. The van der Waals surface area contributed by atoms with Crippen molar-refractivity contribution in [3.05, 3.63) is 35.4 Å². The molecule has 150 valence electrons. The number of hydrogen-bond donors (Lipinski definition) is 1. The van der Waals surface area contributed by atoms with E-state index in [4.69, 9.17) is 0 Å². The first-order valence-corrected chi connectivity index (χ1v) is 10.6. The Balaban J connectivity index is 1.35. The van der Waals surface area contributed by atoms with Crippen LogP contribution in [0.2, 0.25) is 0 Å². The van der Waals surface area contributed by atoms with E-state index in [9.17, 15) is 4.79 Å². The summed E-state index contributed by atoms with van der Waals surface area (Å²) in [5.41, 5.74) is 2.07. The maximum absolute atomic E-state index is 12.3. The average Bonchev–Trinajstić information content (AvgIpc) is 2.69. The fourth-order valence-electron chi connectivity index (χ4n) is 3.92. The summed E-state index contributed by atoms with van der Waals surface area (Å²) in [5.74, 6) is 0.912. The second-order valence-corrected chi connectivity index (χ2v) is 8.41. The van der Waals surface area contributed by atoms with Crippen molar-refractivity contribution in [2.45, 2.75) is 32.7 Å². The lowest BCUT2D eigenvalue weighted by Gasteiger charge is -2.32. The Hall–Kier alpha value is -1.43. The highest BCUT2D eigenvalue weighted by molar-refractivity contribution is 5.94. The summed E-state index contributed by atoms with van der Waals surface area (Å²) in [4.78, 5) is 19.7. The van der Waals surface area contributed by atoms with Crippen molar-refractivity contribution in [3.63, 3.8) is 0 Å². The van der Waals surface area contributed by atoms with E-state index in [1.807, 2.05) is 12.1 Å². The molecule has 0 unspecified atom stereocenters. The van der Waals surface area contributed by atoms with Crippen molar-refractivity contribution in [1.82, 2.24) is 20.0 Å². The number of piperazine rings is 1. The highest BCUT2D eigenvalue weighted by Gasteiger charge is 2.16. The molecule has 0 saturated carbocycles. The zero-order valence-corrected chi connectivity index (χ0v) is 17.1. The van der Waals surface area contributed by atoms with Crippen LogP contribution in [0.25, 0.3) is 0 Å². The lowest BCUT2D eigenvalue weighted by Crippen LogP contribution is -2.45. The quantitative estimate of drug-likeness (QED) is 0.746. The molecule has 2 heterocycles. The number of nitrogens with one attached hydrogen (secondary N) is 1. The first kappa shape index (κ1) is 20.3. The molecule has 1 aromatic rings. The predicted molar refractivity (Wildman–Crippen MR) is 111 cm³/mol. The molecule has 2 fully saturated rings. The van der Waals surface area contributed by atoms with Crippen molar-refractivity contribution in [2.24, 2.45) is 5.92 Å². The van der Waals surface area contributed by atoms with Gasteiger partial charge in [0.1, 0.15) is 0 Å². The van der Waals surface area contributed by atoms with E-state index in [2.05, 4.69) is 46.1 Å². The molecular weight excluding hydrogens is 336 g/mol. The molecule has 0 aromatic heterocycles. The summed E-state index contributed by atoms with van der Waals surface area (Å²) in [7, 11) is 2.18. The van der Waals surface area contributed by atoms with Crippen LogP contribution in [0.15, 0.2) is 24.3 Å². The summed E-state index contributed by atoms with van der Waals surface area (Å²) < 4.78 is 0. The normalized spacial score (nSPS) is 20.7. The second kappa shape index (κ2) is 10.2. The van der Waals surface area contributed by atoms with Crippen molar-refractivity contribution in [3.8, 4) is 0 Å². The van der Waals surface area contributed by atoms with Gasteiger partial charge in [-0.25, -0.2) is 0 Å². The van der Waals surface area contributed by atoms with Crippen LogP contribution in [-0.4, -0.2) is 80.0 Å². The smallest absolute Gasteiger partial charge is 0.251 e. The van der Waals surface area contributed by atoms with Crippen LogP contribution in [0.3, 0.4) is 0 Å². The van der Waals surface area contributed by atoms with E-state index >= 15 is 0 Å². The monoisotopic (exact) mass is 372 g/mol. The van der Waals surface area contributed by atoms with E-state index in [0.717, 1.165) is 63.7 Å². The Morgan fingerprint density at radius 2 is 1.67 bits per heavy atom. The summed E-state index contributed by atoms with van der Waals surface area (Å²) in [6, 6.07) is 8.16. The van der Waals surface area contributed by atoms with Crippen LogP contribution in [-0.2, 0) is 6.54 Å². The molecule has 3 rings (SSSR count). The first-order chi connectivity index (χ1) is 13.1. The van der Waals surface area contributed by atoms with Crippen LogP contribution in [0.1, 0.15) is 42.1 Å². The van der Waals surface area contributed by atoms with Crippen molar-refractivity contribution in [2.75, 3.05) is 59.4 Å². The number of amides is 1. The molecule has 2 saturated heterocycles. The largest absolute Gasteiger partial charge is 0.352 e. The van der Waals surface area contributed by atoms with E-state index in [1.165, 1.54) is 31.5 Å². The molecule has 0 spiro atoms. The topological polar surface area (TPSA) is 38.8 Å². The van der Waals surface area contributed by atoms with Gasteiger partial charge in [-0.3, -0.25) is 9.69 Å². The number of piperidine rings is 1. The fourth-order valence-corrected chi connectivity index (χ4v) is 3.92. The fraction of sp³-hybridized carbons (Fsp3) is 0.682. The number of likely N-dealkylation sites (tertiary alicyclic amines) is 1. The highest BCUT2D eigenvalue weighted by Crippen LogP contribution is 2.18. The predicted octanol–water partition coefficient (Wildman–Crippen LogP) is 2.29. The molecule has 2 aliphatic heterocycles. The third kappa shape index (κ3) is 6.59. The van der Waals surface area contributed by atoms with Gasteiger partial charge in [0.05, 0.1) is 0 Å². The molecule has 2 aliphatic rings. The van der Waals surface area contributed by atoms with Gasteiger partial charge >= 0.3 is 0 Å². The number of carbonyl (C=O) groups is 1. The molecule has 5 nitrogen and oxygen atoms in total. The third-order valence-electron chi connectivity index (χ3n) is 6.03. The summed E-state index contributed by atoms with van der Waals surface area (Å²) in [5, 5.41) is 3.07. The Bertz CT molecular complexity index is 572. The van der Waals surface area contributed by atoms with E-state index in [1.54, 1.807) is 0 Å². The summed E-state index contributed by atoms with van der Waals surface area (Å²) >= 11 is 0. The number of hydrogen-bond acceptors (Lipinski definition) is 4. The second-order valence-electron chi connectivity index (χ2n) is 8.41. The molecule has 5 heteroatoms. The zero-order valence-electron chi connectivity index (χ0n) is 17.1. The molecule has 1 N–H and O–H groups in total. The summed E-state index contributed by atoms with van der Waals surface area (Å²) in [6.07, 6.45) is 3.62. The van der Waals surface area contributed by atoms with Crippen LogP contribution >= 0.6 is 0 Å². The Morgan fingerprint density at radius 3 is 2.33 bits per heavy atom. The number of likely N-dealkylation sites (N-methyl/N-ethyl adjacent to an activating group) is 1. The number of rotatable bonds is 7. The zero-order chi connectivity index (χ0) is 19.1. The first-order valence-electron chi connectivity index (χ1n) is 10.6. The molecular formula is C22H36N4O. The van der Waals surface area contributed by atoms with Gasteiger partial charge in [0.2, 0.25) is 0 Å². The van der Waals surface area contributed by atoms with E-state index in [0.29, 0.717) is 0 Å². The minimum atomic E-state index is 0.0479. The van der Waals surface area contributed by atoms with Crippen molar-refractivity contribution in [1.29, 1.82) is 0 Å². The number of carbonyl (C=O) groups excluding carboxylic acids is 1. The maximum atomic E-state index is 12.3. The van der Waals surface area contributed by atoms with Crippen LogP contribution < -0.4 is 5.32 Å². The molecule has 0 bridgehead atoms. The van der Waals surface area contributed by atoms with Gasteiger partial charge in [-0.1, -0.05) is 19.1 Å². The number of nitrogens with zero attached hydrogens (tertiary/aromatic N) is 3. The SMILES string of the molecule is CC1CCN(Cc2ccc(C(=O)NCCCN3CCN(C)CC3)cc2)CC1. The Kier molecular flexibility index (Phi) is 7.68. The van der Waals surface area contributed by atoms with Gasteiger partial charge in [0, 0.05) is 44.8 Å². The van der Waals surface area contributed by atoms with Crippen LogP contribution in [0.4, 0.5) is 0 Å². The lowest BCUT2D eigenvalue weighted by molar-refractivity contribution is 0.0949. The van der Waals surface area contributed by atoms with Gasteiger partial charge in [-0.15, -0.1) is 0 Å². The minimum absolute atomic E-state index is 0.0479. The standard InChI is InChI=1S/C22H36N4O/c1-19-8-12-26(13-9-19)18-20-4-6-21(7-5-20)22(27)23-10-3-11-25-16-14-24(2)15-17-25/h4-7,19H,3,8-18H2,1-2H3,(H,23,27). The highest BCUT2D eigenvalue weighted by atomic mass is 16.1. The van der Waals surface area contributed by atoms with Crippen molar-refractivity contribution < 1.29 is 4.79 Å². The van der Waals surface area contributed by atoms with E-state index < -0.39 is 0 Å². The van der Waals surface area contributed by atoms with Gasteiger partial charge in [-0.05, 0) is 69.6 Å². The molecule has 1 aromatic carbocycles. The maximum Gasteiger partial charge on any atom is 0.251 e. The minimum Gasteiger partial charge on any atom is -0.352 e. The van der Waals surface area contributed by atoms with Gasteiger partial charge in [0.25, 0.3) is 5.91 Å². The van der Waals surface area contributed by atoms with Crippen LogP contribution in [0.5, 0.6) is 0 Å². The molecule has 1 amide bonds.